The summed E-state index contributed by atoms with van der Waals surface area (Å²) in [5.41, 5.74) is 3.21. The first-order valence-electron chi connectivity index (χ1n) is 6.51. The first-order chi connectivity index (χ1) is 9.19. The summed E-state index contributed by atoms with van der Waals surface area (Å²) in [7, 11) is 0. The molecule has 0 aliphatic heterocycles. The van der Waals surface area contributed by atoms with Crippen LogP contribution in [0.4, 0.5) is 0 Å². The molecule has 0 amide bonds. The van der Waals surface area contributed by atoms with E-state index in [4.69, 9.17) is 16.0 Å². The molecule has 0 spiro atoms. The fourth-order valence-electron chi connectivity index (χ4n) is 1.81. The van der Waals surface area contributed by atoms with E-state index >= 15 is 0 Å². The molecule has 0 fully saturated rings. The van der Waals surface area contributed by atoms with Crippen molar-refractivity contribution >= 4 is 6.21 Å². The number of rotatable bonds is 7. The minimum absolute atomic E-state index is 0.574. The van der Waals surface area contributed by atoms with Crippen molar-refractivity contribution in [3.05, 3.63) is 28.8 Å². The summed E-state index contributed by atoms with van der Waals surface area (Å²) in [5, 5.41) is 3.87. The van der Waals surface area contributed by atoms with Gasteiger partial charge in [0, 0.05) is 6.42 Å². The van der Waals surface area contributed by atoms with Crippen LogP contribution >= 0.6 is 0 Å². The van der Waals surface area contributed by atoms with Gasteiger partial charge in [-0.25, -0.2) is 0 Å². The summed E-state index contributed by atoms with van der Waals surface area (Å²) in [6.45, 7) is 7.19. The van der Waals surface area contributed by atoms with Gasteiger partial charge in [-0.2, -0.15) is 0 Å². The van der Waals surface area contributed by atoms with E-state index in [2.05, 4.69) is 11.1 Å². The fourth-order valence-corrected chi connectivity index (χ4v) is 1.81. The number of hydrogen-bond acceptors (Lipinski definition) is 3. The first kappa shape index (κ1) is 15.1. The molecule has 0 heterocycles. The number of oxime groups is 1. The Hall–Kier alpha value is -1.95. The average molecular weight is 259 g/mol. The lowest BCUT2D eigenvalue weighted by molar-refractivity contribution is 0.160. The molecule has 0 aromatic heterocycles. The van der Waals surface area contributed by atoms with Crippen LogP contribution in [0.25, 0.3) is 0 Å². The standard InChI is InChI=1S/C16H21NO2/c1-5-7-8-9-18-16-13(3)10-15(11-14(16)4)12-17-19-6-2/h1,10-12H,6-9H2,2-4H3. The molecule has 1 aromatic rings. The molecule has 3 heteroatoms. The van der Waals surface area contributed by atoms with Crippen molar-refractivity contribution in [3.8, 4) is 18.1 Å². The molecule has 1 aromatic carbocycles. The highest BCUT2D eigenvalue weighted by atomic mass is 16.6. The molecule has 102 valence electrons. The largest absolute Gasteiger partial charge is 0.493 e. The summed E-state index contributed by atoms with van der Waals surface area (Å²) < 4.78 is 5.78. The van der Waals surface area contributed by atoms with Crippen LogP contribution in [0.15, 0.2) is 17.3 Å². The van der Waals surface area contributed by atoms with Crippen molar-refractivity contribution < 1.29 is 9.57 Å². The van der Waals surface area contributed by atoms with Crippen molar-refractivity contribution in [2.75, 3.05) is 13.2 Å². The van der Waals surface area contributed by atoms with E-state index < -0.39 is 0 Å². The Morgan fingerprint density at radius 2 is 2.00 bits per heavy atom. The molecule has 0 atom stereocenters. The van der Waals surface area contributed by atoms with E-state index in [1.165, 1.54) is 0 Å². The maximum Gasteiger partial charge on any atom is 0.125 e. The molecule has 0 N–H and O–H groups in total. The second kappa shape index (κ2) is 8.20. The number of benzene rings is 1. The van der Waals surface area contributed by atoms with Crippen molar-refractivity contribution in [3.63, 3.8) is 0 Å². The highest BCUT2D eigenvalue weighted by molar-refractivity contribution is 5.80. The molecule has 0 radical (unpaired) electrons. The highest BCUT2D eigenvalue weighted by Crippen LogP contribution is 2.24. The number of terminal acetylenes is 1. The average Bonchev–Trinajstić information content (AvgIpc) is 2.37. The summed E-state index contributed by atoms with van der Waals surface area (Å²) in [4.78, 5) is 4.96. The smallest absolute Gasteiger partial charge is 0.125 e. The zero-order valence-corrected chi connectivity index (χ0v) is 11.9. The zero-order chi connectivity index (χ0) is 14.1. The Morgan fingerprint density at radius 1 is 1.32 bits per heavy atom. The van der Waals surface area contributed by atoms with E-state index in [-0.39, 0.29) is 0 Å². The van der Waals surface area contributed by atoms with Gasteiger partial charge in [0.2, 0.25) is 0 Å². The van der Waals surface area contributed by atoms with Crippen LogP contribution < -0.4 is 4.74 Å². The van der Waals surface area contributed by atoms with Gasteiger partial charge < -0.3 is 9.57 Å². The molecular formula is C16H21NO2. The monoisotopic (exact) mass is 259 g/mol. The van der Waals surface area contributed by atoms with Crippen LogP contribution in [-0.4, -0.2) is 19.4 Å². The van der Waals surface area contributed by atoms with Crippen molar-refractivity contribution in [1.29, 1.82) is 0 Å². The van der Waals surface area contributed by atoms with Crippen LogP contribution in [0.5, 0.6) is 5.75 Å². The topological polar surface area (TPSA) is 30.8 Å². The Kier molecular flexibility index (Phi) is 6.52. The molecular weight excluding hydrogens is 238 g/mol. The number of nitrogens with zero attached hydrogens (tertiary/aromatic N) is 1. The molecule has 0 bridgehead atoms. The molecule has 0 aliphatic rings. The number of aryl methyl sites for hydroxylation is 2. The van der Waals surface area contributed by atoms with Crippen molar-refractivity contribution in [2.24, 2.45) is 5.16 Å². The Labute approximate surface area is 115 Å². The van der Waals surface area contributed by atoms with Gasteiger partial charge in [-0.1, -0.05) is 5.16 Å². The van der Waals surface area contributed by atoms with Crippen LogP contribution in [0.3, 0.4) is 0 Å². The normalized spacial score (nSPS) is 10.4. The summed E-state index contributed by atoms with van der Waals surface area (Å²) in [6.07, 6.45) is 8.55. The van der Waals surface area contributed by atoms with Crippen LogP contribution in [-0.2, 0) is 4.84 Å². The fraction of sp³-hybridized carbons (Fsp3) is 0.438. The predicted octanol–water partition coefficient (Wildman–Crippen LogP) is 3.47. The summed E-state index contributed by atoms with van der Waals surface area (Å²) in [5.74, 6) is 3.55. The van der Waals surface area contributed by atoms with Crippen LogP contribution in [0, 0.1) is 26.2 Å². The lowest BCUT2D eigenvalue weighted by Crippen LogP contribution is -2.01. The van der Waals surface area contributed by atoms with Gasteiger partial charge in [0.05, 0.1) is 12.8 Å². The van der Waals surface area contributed by atoms with Gasteiger partial charge >= 0.3 is 0 Å². The van der Waals surface area contributed by atoms with Gasteiger partial charge in [0.15, 0.2) is 0 Å². The molecule has 0 saturated carbocycles. The van der Waals surface area contributed by atoms with Crippen molar-refractivity contribution in [1.82, 2.24) is 0 Å². The van der Waals surface area contributed by atoms with Crippen LogP contribution in [0.1, 0.15) is 36.5 Å². The van der Waals surface area contributed by atoms with Crippen molar-refractivity contribution in [2.45, 2.75) is 33.6 Å². The molecule has 3 nitrogen and oxygen atoms in total. The molecule has 1 rings (SSSR count). The number of unbranched alkanes of at least 4 members (excludes halogenated alkanes) is 1. The van der Waals surface area contributed by atoms with Gasteiger partial charge in [-0.15, -0.1) is 12.3 Å². The number of hydrogen-bond donors (Lipinski definition) is 0. The maximum absolute atomic E-state index is 5.78. The number of ether oxygens (including phenoxy) is 1. The van der Waals surface area contributed by atoms with E-state index in [1.54, 1.807) is 6.21 Å². The molecule has 0 saturated heterocycles. The third-order valence-corrected chi connectivity index (χ3v) is 2.60. The van der Waals surface area contributed by atoms with E-state index in [0.29, 0.717) is 13.2 Å². The Balaban J connectivity index is 2.71. The van der Waals surface area contributed by atoms with Crippen LogP contribution in [0.2, 0.25) is 0 Å². The van der Waals surface area contributed by atoms with Gasteiger partial charge in [-0.05, 0) is 56.0 Å². The molecule has 0 aliphatic carbocycles. The maximum atomic E-state index is 5.78. The third-order valence-electron chi connectivity index (χ3n) is 2.60. The molecule has 19 heavy (non-hydrogen) atoms. The Bertz CT molecular complexity index is 449. The van der Waals surface area contributed by atoms with Gasteiger partial charge in [0.1, 0.15) is 12.4 Å². The summed E-state index contributed by atoms with van der Waals surface area (Å²) >= 11 is 0. The lowest BCUT2D eigenvalue weighted by atomic mass is 10.1. The van der Waals surface area contributed by atoms with E-state index in [9.17, 15) is 0 Å². The zero-order valence-electron chi connectivity index (χ0n) is 11.9. The minimum Gasteiger partial charge on any atom is -0.493 e. The predicted molar refractivity (Wildman–Crippen MR) is 78.7 cm³/mol. The SMILES string of the molecule is C#CCCCOc1c(C)cc(C=NOCC)cc1C. The summed E-state index contributed by atoms with van der Waals surface area (Å²) in [6, 6.07) is 4.07. The van der Waals surface area contributed by atoms with Gasteiger partial charge in [0.25, 0.3) is 0 Å². The lowest BCUT2D eigenvalue weighted by Gasteiger charge is -2.12. The molecule has 0 unspecified atom stereocenters. The second-order valence-corrected chi connectivity index (χ2v) is 4.29. The third kappa shape index (κ3) is 5.05. The van der Waals surface area contributed by atoms with Gasteiger partial charge in [-0.3, -0.25) is 0 Å². The minimum atomic E-state index is 0.574. The Morgan fingerprint density at radius 3 is 2.58 bits per heavy atom. The highest BCUT2D eigenvalue weighted by Gasteiger charge is 2.05. The van der Waals surface area contributed by atoms with E-state index in [1.807, 2.05) is 32.9 Å². The first-order valence-corrected chi connectivity index (χ1v) is 6.51. The second-order valence-electron chi connectivity index (χ2n) is 4.29. The quantitative estimate of drug-likeness (QED) is 0.325. The van der Waals surface area contributed by atoms with E-state index in [0.717, 1.165) is 35.3 Å².